The molecule has 0 amide bonds. The number of para-hydroxylation sites is 1. The summed E-state index contributed by atoms with van der Waals surface area (Å²) in [5.41, 5.74) is 17.9. The molecule has 9 aromatic rings. The molecule has 0 atom stereocenters. The Morgan fingerprint density at radius 3 is 1.59 bits per heavy atom. The lowest BCUT2D eigenvalue weighted by atomic mass is 9.73. The van der Waals surface area contributed by atoms with Crippen LogP contribution < -0.4 is 14.5 Å². The van der Waals surface area contributed by atoms with E-state index < -0.39 is 0 Å². The van der Waals surface area contributed by atoms with Gasteiger partial charge in [0.05, 0.1) is 17.7 Å². The maximum absolute atomic E-state index is 7.19. The number of hydrogen-bond acceptors (Lipinski definition) is 4. The van der Waals surface area contributed by atoms with Gasteiger partial charge >= 0.3 is 0 Å². The van der Waals surface area contributed by atoms with Gasteiger partial charge in [-0.15, -0.1) is 0 Å². The summed E-state index contributed by atoms with van der Waals surface area (Å²) >= 11 is 0. The molecule has 0 spiro atoms. The van der Waals surface area contributed by atoms with Crippen LogP contribution in [0.2, 0.25) is 0 Å². The van der Waals surface area contributed by atoms with Crippen molar-refractivity contribution >= 4 is 33.2 Å². The van der Waals surface area contributed by atoms with E-state index in [1.807, 2.05) is 6.20 Å². The van der Waals surface area contributed by atoms with Crippen LogP contribution in [-0.4, -0.2) is 16.2 Å². The molecule has 0 fully saturated rings. The lowest BCUT2D eigenvalue weighted by Gasteiger charge is -2.33. The number of rotatable bonds is 12. The Bertz CT molecular complexity index is 3440. The lowest BCUT2D eigenvalue weighted by molar-refractivity contribution is 0.483. The molecule has 0 unspecified atom stereocenters. The topological polar surface area (TPSA) is 33.5 Å². The number of aromatic nitrogens is 2. The fourth-order valence-corrected chi connectivity index (χ4v) is 11.1. The third kappa shape index (κ3) is 9.13. The van der Waals surface area contributed by atoms with Crippen LogP contribution in [0.4, 0.5) is 11.4 Å². The van der Waals surface area contributed by atoms with Crippen LogP contribution in [0.1, 0.15) is 141 Å². The number of hydrogen-bond donors (Lipinski definition) is 0. The third-order valence-corrected chi connectivity index (χ3v) is 15.9. The standard InChI is InChI=1S/C68H72N4O/c1-44(2)58-28-22-29-59(45(3)4)65(58)48-35-54(41-57(36-48)73-56-31-32-61-60-27-20-21-30-62(60)72(63(61)42-56)64-40-51(33-34-69-64)66(7,8)9)70-43-71(47(6)46(70)5)55-38-52(67(10,11)49-23-16-14-17-24-49)37-53(39-55)68(12,13)50-25-18-15-19-26-50/h14-42,44-45H,43H2,1-13H3. The second kappa shape index (κ2) is 18.9. The monoisotopic (exact) mass is 961 g/mol. The predicted molar refractivity (Wildman–Crippen MR) is 309 cm³/mol. The number of benzene rings is 7. The smallest absolute Gasteiger partial charge is 0.137 e. The molecule has 10 rings (SSSR count). The van der Waals surface area contributed by atoms with E-state index in [1.165, 1.54) is 67.0 Å². The molecular weight excluding hydrogens is 889 g/mol. The first-order chi connectivity index (χ1) is 34.8. The number of nitrogens with zero attached hydrogens (tertiary/aromatic N) is 4. The van der Waals surface area contributed by atoms with E-state index in [0.717, 1.165) is 45.0 Å². The van der Waals surface area contributed by atoms with Crippen LogP contribution >= 0.6 is 0 Å². The number of fused-ring (bicyclic) bond motifs is 3. The molecule has 0 radical (unpaired) electrons. The average molecular weight is 961 g/mol. The average Bonchev–Trinajstić information content (AvgIpc) is 3.88. The third-order valence-electron chi connectivity index (χ3n) is 15.9. The molecule has 0 saturated carbocycles. The van der Waals surface area contributed by atoms with Gasteiger partial charge < -0.3 is 14.5 Å². The van der Waals surface area contributed by atoms with Crippen LogP contribution in [0.15, 0.2) is 187 Å². The first kappa shape index (κ1) is 49.2. The highest BCUT2D eigenvalue weighted by Crippen LogP contribution is 2.46. The van der Waals surface area contributed by atoms with Crippen molar-refractivity contribution in [2.45, 2.75) is 118 Å². The Morgan fingerprint density at radius 1 is 0.466 bits per heavy atom. The summed E-state index contributed by atoms with van der Waals surface area (Å²) in [7, 11) is 0. The molecule has 2 aromatic heterocycles. The number of ether oxygens (including phenoxy) is 1. The fourth-order valence-electron chi connectivity index (χ4n) is 11.1. The molecule has 5 nitrogen and oxygen atoms in total. The van der Waals surface area contributed by atoms with Crippen LogP contribution in [0.25, 0.3) is 38.8 Å². The van der Waals surface area contributed by atoms with Gasteiger partial charge in [-0.05, 0) is 136 Å². The SMILES string of the molecule is CC1=C(C)N(c2cc(C(C)(C)c3ccccc3)cc(C(C)(C)c3ccccc3)c2)CN1c1cc(Oc2ccc3c4ccccc4n(-c4cc(C(C)(C)C)ccn4)c3c2)cc(-c2c(C(C)C)cccc2C(C)C)c1. The molecule has 7 aromatic carbocycles. The Hall–Kier alpha value is -7.37. The van der Waals surface area contributed by atoms with E-state index in [-0.39, 0.29) is 16.2 Å². The van der Waals surface area contributed by atoms with Gasteiger partial charge in [-0.2, -0.15) is 0 Å². The molecule has 370 valence electrons. The minimum atomic E-state index is -0.242. The van der Waals surface area contributed by atoms with Gasteiger partial charge in [0, 0.05) is 62.7 Å². The van der Waals surface area contributed by atoms with Gasteiger partial charge in [0.25, 0.3) is 0 Å². The van der Waals surface area contributed by atoms with Crippen molar-refractivity contribution in [3.63, 3.8) is 0 Å². The summed E-state index contributed by atoms with van der Waals surface area (Å²) in [4.78, 5) is 9.95. The van der Waals surface area contributed by atoms with Crippen molar-refractivity contribution in [1.82, 2.24) is 9.55 Å². The predicted octanol–water partition coefficient (Wildman–Crippen LogP) is 18.4. The Morgan fingerprint density at radius 2 is 1.01 bits per heavy atom. The van der Waals surface area contributed by atoms with Gasteiger partial charge in [-0.3, -0.25) is 4.57 Å². The molecule has 0 aliphatic carbocycles. The first-order valence-electron chi connectivity index (χ1n) is 26.3. The maximum Gasteiger partial charge on any atom is 0.137 e. The normalized spacial score (nSPS) is 13.6. The van der Waals surface area contributed by atoms with Crippen molar-refractivity contribution < 1.29 is 4.74 Å². The van der Waals surface area contributed by atoms with E-state index in [2.05, 4.69) is 274 Å². The zero-order valence-electron chi connectivity index (χ0n) is 45.3. The van der Waals surface area contributed by atoms with Crippen LogP contribution in [0.3, 0.4) is 0 Å². The molecular formula is C68H72N4O. The summed E-state index contributed by atoms with van der Waals surface area (Å²) < 4.78 is 9.48. The van der Waals surface area contributed by atoms with Crippen LogP contribution in [0, 0.1) is 0 Å². The van der Waals surface area contributed by atoms with Gasteiger partial charge in [0.1, 0.15) is 17.3 Å². The first-order valence-corrected chi connectivity index (χ1v) is 26.3. The van der Waals surface area contributed by atoms with Gasteiger partial charge in [0.15, 0.2) is 0 Å². The van der Waals surface area contributed by atoms with Crippen molar-refractivity contribution in [2.75, 3.05) is 16.5 Å². The van der Waals surface area contributed by atoms with E-state index in [1.54, 1.807) is 0 Å². The molecule has 3 heterocycles. The van der Waals surface area contributed by atoms with Gasteiger partial charge in [-0.25, -0.2) is 4.98 Å². The molecule has 0 N–H and O–H groups in total. The number of allylic oxidation sites excluding steroid dienone is 2. The summed E-state index contributed by atoms with van der Waals surface area (Å²) in [6.45, 7) is 30.6. The second-order valence-corrected chi connectivity index (χ2v) is 23.0. The molecule has 0 bridgehead atoms. The highest BCUT2D eigenvalue weighted by atomic mass is 16.5. The van der Waals surface area contributed by atoms with Crippen molar-refractivity contribution in [3.8, 4) is 28.4 Å². The molecule has 5 heteroatoms. The van der Waals surface area contributed by atoms with E-state index in [4.69, 9.17) is 9.72 Å². The van der Waals surface area contributed by atoms with Crippen molar-refractivity contribution in [3.05, 3.63) is 226 Å². The molecule has 73 heavy (non-hydrogen) atoms. The van der Waals surface area contributed by atoms with Gasteiger partial charge in [-0.1, -0.05) is 179 Å². The largest absolute Gasteiger partial charge is 0.457 e. The van der Waals surface area contributed by atoms with Crippen molar-refractivity contribution in [2.24, 2.45) is 0 Å². The minimum Gasteiger partial charge on any atom is -0.457 e. The Balaban J connectivity index is 1.11. The lowest BCUT2D eigenvalue weighted by Crippen LogP contribution is -2.29. The highest BCUT2D eigenvalue weighted by molar-refractivity contribution is 6.09. The van der Waals surface area contributed by atoms with E-state index in [0.29, 0.717) is 18.5 Å². The second-order valence-electron chi connectivity index (χ2n) is 23.0. The molecule has 1 aliphatic heterocycles. The van der Waals surface area contributed by atoms with E-state index in [9.17, 15) is 0 Å². The zero-order chi connectivity index (χ0) is 51.6. The minimum absolute atomic E-state index is 0.0267. The number of pyridine rings is 1. The summed E-state index contributed by atoms with van der Waals surface area (Å²) in [5.74, 6) is 3.10. The molecule has 0 saturated heterocycles. The van der Waals surface area contributed by atoms with Crippen molar-refractivity contribution in [1.29, 1.82) is 0 Å². The highest BCUT2D eigenvalue weighted by Gasteiger charge is 2.33. The Kier molecular flexibility index (Phi) is 12.8. The van der Waals surface area contributed by atoms with E-state index >= 15 is 0 Å². The summed E-state index contributed by atoms with van der Waals surface area (Å²) in [6.07, 6.45) is 1.94. The van der Waals surface area contributed by atoms with Crippen LogP contribution in [0.5, 0.6) is 11.5 Å². The summed E-state index contributed by atoms with van der Waals surface area (Å²) in [5, 5.41) is 2.34. The summed E-state index contributed by atoms with van der Waals surface area (Å²) in [6, 6.07) is 62.4. The zero-order valence-corrected chi connectivity index (χ0v) is 45.3. The maximum atomic E-state index is 7.19. The Labute approximate surface area is 434 Å². The molecule has 1 aliphatic rings. The van der Waals surface area contributed by atoms with Crippen LogP contribution in [-0.2, 0) is 16.2 Å². The quantitative estimate of drug-likeness (QED) is 0.122. The number of anilines is 2. The van der Waals surface area contributed by atoms with Gasteiger partial charge in [0.2, 0.25) is 0 Å². The fraction of sp³-hybridized carbons (Fsp3) is 0.279.